The van der Waals surface area contributed by atoms with Gasteiger partial charge in [-0.3, -0.25) is 24.6 Å². The van der Waals surface area contributed by atoms with E-state index in [9.17, 15) is 19.7 Å². The highest BCUT2D eigenvalue weighted by molar-refractivity contribution is 6.25. The molecule has 22 heavy (non-hydrogen) atoms. The minimum absolute atomic E-state index is 0.118. The first-order valence-electron chi connectivity index (χ1n) is 6.97. The van der Waals surface area contributed by atoms with Crippen molar-refractivity contribution < 1.29 is 14.5 Å². The van der Waals surface area contributed by atoms with Crippen LogP contribution in [-0.4, -0.2) is 28.2 Å². The molecule has 0 spiro atoms. The van der Waals surface area contributed by atoms with Gasteiger partial charge in [0.1, 0.15) is 0 Å². The van der Waals surface area contributed by atoms with Gasteiger partial charge in [0.2, 0.25) is 0 Å². The van der Waals surface area contributed by atoms with Crippen molar-refractivity contribution in [1.29, 1.82) is 0 Å². The molecule has 0 atom stereocenters. The normalized spacial score (nSPS) is 14.0. The Hall–Kier alpha value is -2.76. The molecule has 0 aromatic heterocycles. The van der Waals surface area contributed by atoms with Crippen molar-refractivity contribution in [2.45, 2.75) is 13.8 Å². The van der Waals surface area contributed by atoms with E-state index in [0.717, 1.165) is 0 Å². The van der Waals surface area contributed by atoms with E-state index in [1.54, 1.807) is 18.2 Å². The Kier molecular flexibility index (Phi) is 3.16. The fourth-order valence-corrected chi connectivity index (χ4v) is 2.78. The Morgan fingerprint density at radius 1 is 1.14 bits per heavy atom. The van der Waals surface area contributed by atoms with E-state index >= 15 is 0 Å². The second-order valence-electron chi connectivity index (χ2n) is 5.77. The van der Waals surface area contributed by atoms with Crippen LogP contribution in [0, 0.1) is 16.0 Å². The molecule has 6 nitrogen and oxygen atoms in total. The van der Waals surface area contributed by atoms with Gasteiger partial charge in [-0.2, -0.15) is 0 Å². The van der Waals surface area contributed by atoms with Crippen molar-refractivity contribution >= 4 is 28.3 Å². The monoisotopic (exact) mass is 298 g/mol. The molecule has 1 aliphatic rings. The maximum absolute atomic E-state index is 12.6. The van der Waals surface area contributed by atoms with Gasteiger partial charge in [-0.05, 0) is 17.4 Å². The molecule has 0 radical (unpaired) electrons. The second-order valence-corrected chi connectivity index (χ2v) is 5.77. The Balaban J connectivity index is 2.30. The number of imide groups is 1. The standard InChI is InChI=1S/C16H14N2O4/c1-9(2)8-17-15(19)12-5-3-4-10-6-11(18(21)22)7-13(14(10)12)16(17)20/h3-7,9H,8H2,1-2H3. The third kappa shape index (κ3) is 2.04. The number of nitro benzene ring substituents is 1. The Morgan fingerprint density at radius 2 is 1.82 bits per heavy atom. The van der Waals surface area contributed by atoms with Gasteiger partial charge in [-0.1, -0.05) is 26.0 Å². The van der Waals surface area contributed by atoms with Crippen LogP contribution in [0.2, 0.25) is 0 Å². The molecule has 3 rings (SSSR count). The molecule has 6 heteroatoms. The van der Waals surface area contributed by atoms with Crippen molar-refractivity contribution in [3.05, 3.63) is 51.6 Å². The lowest BCUT2D eigenvalue weighted by Gasteiger charge is -2.28. The van der Waals surface area contributed by atoms with E-state index in [1.807, 2.05) is 13.8 Å². The summed E-state index contributed by atoms with van der Waals surface area (Å²) in [6.45, 7) is 4.10. The summed E-state index contributed by atoms with van der Waals surface area (Å²) in [5, 5.41) is 12.1. The van der Waals surface area contributed by atoms with Crippen LogP contribution in [0.3, 0.4) is 0 Å². The van der Waals surface area contributed by atoms with Crippen molar-refractivity contribution in [3.8, 4) is 0 Å². The lowest BCUT2D eigenvalue weighted by molar-refractivity contribution is -0.384. The number of amides is 2. The van der Waals surface area contributed by atoms with Crippen LogP contribution in [0.15, 0.2) is 30.3 Å². The Bertz CT molecular complexity index is 826. The van der Waals surface area contributed by atoms with E-state index in [1.165, 1.54) is 17.0 Å². The summed E-state index contributed by atoms with van der Waals surface area (Å²) >= 11 is 0. The van der Waals surface area contributed by atoms with Gasteiger partial charge in [0.25, 0.3) is 17.5 Å². The fourth-order valence-electron chi connectivity index (χ4n) is 2.78. The molecule has 0 aliphatic carbocycles. The average Bonchev–Trinajstić information content (AvgIpc) is 2.48. The summed E-state index contributed by atoms with van der Waals surface area (Å²) < 4.78 is 0. The molecule has 0 saturated heterocycles. The van der Waals surface area contributed by atoms with Crippen LogP contribution in [0.4, 0.5) is 5.69 Å². The molecule has 1 aliphatic heterocycles. The molecule has 2 amide bonds. The summed E-state index contributed by atoms with van der Waals surface area (Å²) in [5.41, 5.74) is 0.495. The highest BCUT2D eigenvalue weighted by atomic mass is 16.6. The largest absolute Gasteiger partial charge is 0.274 e. The predicted octanol–water partition coefficient (Wildman–Crippen LogP) is 3.00. The first-order valence-corrected chi connectivity index (χ1v) is 6.97. The van der Waals surface area contributed by atoms with Gasteiger partial charge in [-0.15, -0.1) is 0 Å². The minimum Gasteiger partial charge on any atom is -0.274 e. The van der Waals surface area contributed by atoms with Crippen molar-refractivity contribution in [3.63, 3.8) is 0 Å². The van der Waals surface area contributed by atoms with Gasteiger partial charge in [0.05, 0.1) is 10.5 Å². The van der Waals surface area contributed by atoms with E-state index in [-0.39, 0.29) is 29.6 Å². The Morgan fingerprint density at radius 3 is 2.45 bits per heavy atom. The van der Waals surface area contributed by atoms with Crippen LogP contribution in [0.25, 0.3) is 10.8 Å². The van der Waals surface area contributed by atoms with Gasteiger partial charge >= 0.3 is 0 Å². The first kappa shape index (κ1) is 14.2. The van der Waals surface area contributed by atoms with E-state index in [0.29, 0.717) is 16.3 Å². The zero-order valence-electron chi connectivity index (χ0n) is 12.2. The maximum atomic E-state index is 12.6. The van der Waals surface area contributed by atoms with Gasteiger partial charge in [0.15, 0.2) is 0 Å². The number of carbonyl (C=O) groups excluding carboxylic acids is 2. The van der Waals surface area contributed by atoms with Gasteiger partial charge in [-0.25, -0.2) is 0 Å². The highest BCUT2D eigenvalue weighted by Crippen LogP contribution is 2.33. The minimum atomic E-state index is -0.529. The van der Waals surface area contributed by atoms with Crippen LogP contribution < -0.4 is 0 Å². The average molecular weight is 298 g/mol. The van der Waals surface area contributed by atoms with Crippen molar-refractivity contribution in [1.82, 2.24) is 4.90 Å². The molecule has 2 aromatic carbocycles. The van der Waals surface area contributed by atoms with Gasteiger partial charge < -0.3 is 0 Å². The number of benzene rings is 2. The van der Waals surface area contributed by atoms with Crippen LogP contribution in [0.5, 0.6) is 0 Å². The topological polar surface area (TPSA) is 80.5 Å². The van der Waals surface area contributed by atoms with Crippen LogP contribution in [-0.2, 0) is 0 Å². The number of nitro groups is 1. The summed E-state index contributed by atoms with van der Waals surface area (Å²) in [4.78, 5) is 36.8. The number of carbonyl (C=O) groups is 2. The quantitative estimate of drug-likeness (QED) is 0.495. The fraction of sp³-hybridized carbons (Fsp3) is 0.250. The number of nitrogens with zero attached hydrogens (tertiary/aromatic N) is 2. The zero-order chi connectivity index (χ0) is 16.0. The summed E-state index contributed by atoms with van der Waals surface area (Å²) in [5.74, 6) is -0.691. The van der Waals surface area contributed by atoms with Crippen LogP contribution >= 0.6 is 0 Å². The number of hydrogen-bond acceptors (Lipinski definition) is 4. The zero-order valence-corrected chi connectivity index (χ0v) is 12.2. The predicted molar refractivity (Wildman–Crippen MR) is 80.8 cm³/mol. The summed E-state index contributed by atoms with van der Waals surface area (Å²) in [7, 11) is 0. The third-order valence-corrected chi connectivity index (χ3v) is 3.67. The third-order valence-electron chi connectivity index (χ3n) is 3.67. The lowest BCUT2D eigenvalue weighted by atomic mass is 9.93. The highest BCUT2D eigenvalue weighted by Gasteiger charge is 2.34. The lowest BCUT2D eigenvalue weighted by Crippen LogP contribution is -2.42. The molecule has 112 valence electrons. The second kappa shape index (κ2) is 4.91. The molecule has 0 unspecified atom stereocenters. The van der Waals surface area contributed by atoms with E-state index in [4.69, 9.17) is 0 Å². The van der Waals surface area contributed by atoms with E-state index in [2.05, 4.69) is 0 Å². The van der Waals surface area contributed by atoms with Crippen molar-refractivity contribution in [2.75, 3.05) is 6.54 Å². The van der Waals surface area contributed by atoms with E-state index < -0.39 is 10.8 Å². The number of rotatable bonds is 3. The molecule has 0 saturated carbocycles. The first-order chi connectivity index (χ1) is 10.4. The molecule has 0 N–H and O–H groups in total. The molecular weight excluding hydrogens is 284 g/mol. The SMILES string of the molecule is CC(C)CN1C(=O)c2cccc3cc([N+](=O)[O-])cc(c23)C1=O. The van der Waals surface area contributed by atoms with Crippen molar-refractivity contribution in [2.24, 2.45) is 5.92 Å². The smallest absolute Gasteiger partial charge is 0.270 e. The van der Waals surface area contributed by atoms with Gasteiger partial charge in [0, 0.05) is 29.6 Å². The molecular formula is C16H14N2O4. The maximum Gasteiger partial charge on any atom is 0.270 e. The number of non-ortho nitro benzene ring substituents is 1. The molecule has 1 heterocycles. The summed E-state index contributed by atoms with van der Waals surface area (Å²) in [6, 6.07) is 7.65. The molecule has 2 aromatic rings. The molecule has 0 fully saturated rings. The Labute approximate surface area is 126 Å². The summed E-state index contributed by atoms with van der Waals surface area (Å²) in [6.07, 6.45) is 0. The van der Waals surface area contributed by atoms with Crippen LogP contribution in [0.1, 0.15) is 34.6 Å². The molecule has 0 bridgehead atoms. The number of hydrogen-bond donors (Lipinski definition) is 0.